The van der Waals surface area contributed by atoms with Crippen molar-refractivity contribution in [2.45, 2.75) is 40.0 Å². The first-order valence-corrected chi connectivity index (χ1v) is 12.8. The number of pyridine rings is 1. The lowest BCUT2D eigenvalue weighted by Crippen LogP contribution is -2.33. The first-order valence-electron chi connectivity index (χ1n) is 12.8. The summed E-state index contributed by atoms with van der Waals surface area (Å²) in [5.74, 6) is 1.78. The Balaban J connectivity index is 1.52. The smallest absolute Gasteiger partial charge is 0.416 e. The second-order valence-corrected chi connectivity index (χ2v) is 10.00. The number of nitrogens with zero attached hydrogens (tertiary/aromatic N) is 4. The van der Waals surface area contributed by atoms with Gasteiger partial charge in [0.25, 0.3) is 0 Å². The van der Waals surface area contributed by atoms with Crippen molar-refractivity contribution in [3.63, 3.8) is 0 Å². The average molecular weight is 531 g/mol. The Morgan fingerprint density at radius 1 is 0.974 bits per heavy atom. The third kappa shape index (κ3) is 6.46. The predicted octanol–water partition coefficient (Wildman–Crippen LogP) is 6.54. The number of aromatic nitrogens is 3. The zero-order valence-electron chi connectivity index (χ0n) is 23.1. The molecular formula is C29H34N6O4. The van der Waals surface area contributed by atoms with Crippen molar-refractivity contribution in [1.29, 1.82) is 0 Å². The average Bonchev–Trinajstić information content (AvgIpc) is 3.27. The Kier molecular flexibility index (Phi) is 8.04. The lowest BCUT2D eigenvalue weighted by Gasteiger charge is -2.17. The highest BCUT2D eigenvalue weighted by Crippen LogP contribution is 2.35. The van der Waals surface area contributed by atoms with Crippen LogP contribution in [0, 0.1) is 0 Å². The summed E-state index contributed by atoms with van der Waals surface area (Å²) in [4.78, 5) is 30.9. The molecule has 204 valence electrons. The fourth-order valence-corrected chi connectivity index (χ4v) is 3.96. The standard InChI is InChI=1S/C29H34N6O4/c1-7-35(8-2)28(37)39-26-17-19(15-16-30-26)38-23-14-13-22(20-11-9-10-12-21(20)23)31-27(36)32-25-18-24(29(3,4)5)33-34(25)6/h9-18H,7-8H2,1-6H3,(H2,31,32,36). The van der Waals surface area contributed by atoms with Crippen LogP contribution in [0.5, 0.6) is 17.4 Å². The number of carbonyl (C=O) groups is 2. The predicted molar refractivity (Wildman–Crippen MR) is 152 cm³/mol. The van der Waals surface area contributed by atoms with Crippen LogP contribution in [0.3, 0.4) is 0 Å². The normalized spacial score (nSPS) is 11.2. The van der Waals surface area contributed by atoms with Crippen molar-refractivity contribution in [3.8, 4) is 17.4 Å². The van der Waals surface area contributed by atoms with E-state index in [9.17, 15) is 9.59 Å². The van der Waals surface area contributed by atoms with Crippen molar-refractivity contribution in [1.82, 2.24) is 19.7 Å². The lowest BCUT2D eigenvalue weighted by molar-refractivity contribution is 0.155. The van der Waals surface area contributed by atoms with Crippen molar-refractivity contribution in [2.75, 3.05) is 23.7 Å². The van der Waals surface area contributed by atoms with E-state index in [-0.39, 0.29) is 17.3 Å². The number of anilines is 2. The van der Waals surface area contributed by atoms with E-state index in [0.29, 0.717) is 36.1 Å². The number of rotatable bonds is 7. The Morgan fingerprint density at radius 2 is 1.69 bits per heavy atom. The number of benzene rings is 2. The van der Waals surface area contributed by atoms with Crippen LogP contribution in [-0.2, 0) is 12.5 Å². The Hall–Kier alpha value is -4.60. The van der Waals surface area contributed by atoms with E-state index in [1.54, 1.807) is 40.9 Å². The Bertz CT molecular complexity index is 1490. The molecule has 2 aromatic heterocycles. The van der Waals surface area contributed by atoms with Gasteiger partial charge in [0.1, 0.15) is 17.3 Å². The zero-order chi connectivity index (χ0) is 28.2. The van der Waals surface area contributed by atoms with Crippen LogP contribution in [0.1, 0.15) is 40.3 Å². The largest absolute Gasteiger partial charge is 0.456 e. The molecule has 0 radical (unpaired) electrons. The van der Waals surface area contributed by atoms with Crippen molar-refractivity contribution in [2.24, 2.45) is 7.05 Å². The van der Waals surface area contributed by atoms with E-state index >= 15 is 0 Å². The molecule has 4 rings (SSSR count). The highest BCUT2D eigenvalue weighted by atomic mass is 16.6. The van der Waals surface area contributed by atoms with Gasteiger partial charge in [0.2, 0.25) is 5.88 Å². The molecule has 0 saturated heterocycles. The number of hydrogen-bond donors (Lipinski definition) is 2. The summed E-state index contributed by atoms with van der Waals surface area (Å²) >= 11 is 0. The lowest BCUT2D eigenvalue weighted by atomic mass is 9.92. The number of urea groups is 1. The summed E-state index contributed by atoms with van der Waals surface area (Å²) in [6.45, 7) is 11.0. The second-order valence-electron chi connectivity index (χ2n) is 10.00. The molecule has 0 fully saturated rings. The molecule has 4 aromatic rings. The van der Waals surface area contributed by atoms with Gasteiger partial charge in [-0.25, -0.2) is 14.6 Å². The molecule has 10 nitrogen and oxygen atoms in total. The van der Waals surface area contributed by atoms with E-state index in [0.717, 1.165) is 16.5 Å². The van der Waals surface area contributed by atoms with Gasteiger partial charge in [0.15, 0.2) is 0 Å². The van der Waals surface area contributed by atoms with E-state index in [4.69, 9.17) is 9.47 Å². The first-order chi connectivity index (χ1) is 18.6. The minimum atomic E-state index is -0.468. The number of nitrogens with one attached hydrogen (secondary N) is 2. The topological polar surface area (TPSA) is 111 Å². The summed E-state index contributed by atoms with van der Waals surface area (Å²) in [5, 5.41) is 11.9. The molecule has 39 heavy (non-hydrogen) atoms. The van der Waals surface area contributed by atoms with Gasteiger partial charge in [-0.15, -0.1) is 0 Å². The van der Waals surface area contributed by atoms with Gasteiger partial charge in [-0.1, -0.05) is 45.0 Å². The highest BCUT2D eigenvalue weighted by molar-refractivity contribution is 6.07. The quantitative estimate of drug-likeness (QED) is 0.281. The SMILES string of the molecule is CCN(CC)C(=O)Oc1cc(Oc2ccc(NC(=O)Nc3cc(C(C)(C)C)nn3C)c3ccccc23)ccn1. The maximum absolute atomic E-state index is 12.9. The van der Waals surface area contributed by atoms with Gasteiger partial charge in [-0.2, -0.15) is 5.10 Å². The second kappa shape index (κ2) is 11.4. The van der Waals surface area contributed by atoms with Crippen LogP contribution < -0.4 is 20.1 Å². The number of fused-ring (bicyclic) bond motifs is 1. The molecule has 0 aliphatic carbocycles. The summed E-state index contributed by atoms with van der Waals surface area (Å²) in [7, 11) is 1.79. The third-order valence-corrected chi connectivity index (χ3v) is 6.17. The summed E-state index contributed by atoms with van der Waals surface area (Å²) < 4.78 is 13.2. The van der Waals surface area contributed by atoms with E-state index < -0.39 is 6.09 Å². The summed E-state index contributed by atoms with van der Waals surface area (Å²) in [6.07, 6.45) is 1.05. The fraction of sp³-hybridized carbons (Fsp3) is 0.310. The molecule has 2 N–H and O–H groups in total. The van der Waals surface area contributed by atoms with Gasteiger partial charge in [0, 0.05) is 54.7 Å². The van der Waals surface area contributed by atoms with E-state index in [2.05, 4.69) is 41.5 Å². The maximum Gasteiger partial charge on any atom is 0.416 e. The Labute approximate surface area is 227 Å². The van der Waals surface area contributed by atoms with E-state index in [1.165, 1.54) is 6.20 Å². The summed E-state index contributed by atoms with van der Waals surface area (Å²) in [6, 6.07) is 15.9. The molecular weight excluding hydrogens is 496 g/mol. The number of carbonyl (C=O) groups excluding carboxylic acids is 2. The van der Waals surface area contributed by atoms with Crippen LogP contribution in [0.15, 0.2) is 60.8 Å². The van der Waals surface area contributed by atoms with Crippen LogP contribution in [-0.4, -0.2) is 44.9 Å². The molecule has 0 spiro atoms. The van der Waals surface area contributed by atoms with Gasteiger partial charge in [0.05, 0.1) is 11.4 Å². The third-order valence-electron chi connectivity index (χ3n) is 6.17. The molecule has 3 amide bonds. The molecule has 0 aliphatic heterocycles. The maximum atomic E-state index is 12.9. The molecule has 2 heterocycles. The van der Waals surface area contributed by atoms with Crippen molar-refractivity contribution >= 4 is 34.4 Å². The van der Waals surface area contributed by atoms with Gasteiger partial charge in [-0.05, 0) is 32.0 Å². The first kappa shape index (κ1) is 27.4. The molecule has 2 aromatic carbocycles. The van der Waals surface area contributed by atoms with E-state index in [1.807, 2.05) is 44.2 Å². The van der Waals surface area contributed by atoms with Crippen LogP contribution in [0.2, 0.25) is 0 Å². The number of amides is 3. The van der Waals surface area contributed by atoms with Crippen LogP contribution in [0.4, 0.5) is 21.1 Å². The van der Waals surface area contributed by atoms with Gasteiger partial charge < -0.3 is 19.7 Å². The number of hydrogen-bond acceptors (Lipinski definition) is 6. The van der Waals surface area contributed by atoms with Gasteiger partial charge >= 0.3 is 12.1 Å². The molecule has 0 aliphatic rings. The summed E-state index contributed by atoms with van der Waals surface area (Å²) in [5.41, 5.74) is 1.37. The molecule has 0 unspecified atom stereocenters. The van der Waals surface area contributed by atoms with Crippen molar-refractivity contribution < 1.29 is 19.1 Å². The minimum Gasteiger partial charge on any atom is -0.456 e. The highest BCUT2D eigenvalue weighted by Gasteiger charge is 2.20. The molecule has 0 atom stereocenters. The molecule has 10 heteroatoms. The Morgan fingerprint density at radius 3 is 2.36 bits per heavy atom. The van der Waals surface area contributed by atoms with Crippen molar-refractivity contribution in [3.05, 3.63) is 66.5 Å². The number of aryl methyl sites for hydroxylation is 1. The molecule has 0 bridgehead atoms. The molecule has 0 saturated carbocycles. The van der Waals surface area contributed by atoms with Gasteiger partial charge in [-0.3, -0.25) is 10.00 Å². The number of ether oxygens (including phenoxy) is 2. The monoisotopic (exact) mass is 530 g/mol. The fourth-order valence-electron chi connectivity index (χ4n) is 3.96. The van der Waals surface area contributed by atoms with Crippen LogP contribution >= 0.6 is 0 Å². The zero-order valence-corrected chi connectivity index (χ0v) is 23.1. The van der Waals surface area contributed by atoms with Crippen LogP contribution in [0.25, 0.3) is 10.8 Å². The minimum absolute atomic E-state index is 0.136.